The van der Waals surface area contributed by atoms with Crippen LogP contribution < -0.4 is 9.80 Å². The van der Waals surface area contributed by atoms with E-state index in [4.69, 9.17) is 0 Å². The first kappa shape index (κ1) is 20.8. The van der Waals surface area contributed by atoms with E-state index < -0.39 is 0 Å². The molecule has 0 saturated carbocycles. The molecule has 0 fully saturated rings. The summed E-state index contributed by atoms with van der Waals surface area (Å²) in [5.74, 6) is 0. The van der Waals surface area contributed by atoms with Gasteiger partial charge in [-0.15, -0.1) is 0 Å². The predicted octanol–water partition coefficient (Wildman–Crippen LogP) is 8.86. The largest absolute Gasteiger partial charge is 0.339 e. The molecule has 0 aliphatic heterocycles. The third kappa shape index (κ3) is 4.33. The second-order valence-electron chi connectivity index (χ2n) is 8.52. The number of hydrogen-bond acceptors (Lipinski definition) is 2. The van der Waals surface area contributed by atoms with E-state index in [1.54, 1.807) is 0 Å². The standard InChI is InChI=1S/C31H28N2/c1-24(2)32(31-18-17-25-11-9-10-12-26(25)23-31)29-19-21-30(22-20-29)33(27-13-5-3-6-14-27)28-15-7-4-8-16-28/h3-24H,1-2H3. The molecule has 0 bridgehead atoms. The Morgan fingerprint density at radius 1 is 0.424 bits per heavy atom. The van der Waals surface area contributed by atoms with Crippen LogP contribution in [0.2, 0.25) is 0 Å². The third-order valence-corrected chi connectivity index (χ3v) is 5.94. The zero-order valence-corrected chi connectivity index (χ0v) is 19.1. The number of benzene rings is 5. The Balaban J connectivity index is 1.53. The highest BCUT2D eigenvalue weighted by Gasteiger charge is 2.16. The van der Waals surface area contributed by atoms with Crippen LogP contribution in [0.5, 0.6) is 0 Å². The van der Waals surface area contributed by atoms with Crippen LogP contribution >= 0.6 is 0 Å². The summed E-state index contributed by atoms with van der Waals surface area (Å²) in [6.07, 6.45) is 0. The summed E-state index contributed by atoms with van der Waals surface area (Å²) in [6, 6.07) is 45.5. The summed E-state index contributed by atoms with van der Waals surface area (Å²) in [6.45, 7) is 4.48. The van der Waals surface area contributed by atoms with Crippen LogP contribution in [0.15, 0.2) is 127 Å². The van der Waals surface area contributed by atoms with Crippen molar-refractivity contribution in [3.8, 4) is 0 Å². The van der Waals surface area contributed by atoms with E-state index in [9.17, 15) is 0 Å². The molecule has 0 atom stereocenters. The molecule has 5 aromatic rings. The van der Waals surface area contributed by atoms with Gasteiger partial charge in [-0.3, -0.25) is 0 Å². The highest BCUT2D eigenvalue weighted by molar-refractivity contribution is 5.87. The monoisotopic (exact) mass is 428 g/mol. The maximum atomic E-state index is 2.39. The summed E-state index contributed by atoms with van der Waals surface area (Å²) in [4.78, 5) is 4.69. The van der Waals surface area contributed by atoms with E-state index in [0.29, 0.717) is 6.04 Å². The highest BCUT2D eigenvalue weighted by Crippen LogP contribution is 2.37. The maximum absolute atomic E-state index is 2.39. The molecule has 0 N–H and O–H groups in total. The fourth-order valence-electron chi connectivity index (χ4n) is 4.44. The van der Waals surface area contributed by atoms with E-state index in [1.165, 1.54) is 22.1 Å². The molecule has 0 aliphatic rings. The van der Waals surface area contributed by atoms with Gasteiger partial charge in [0.2, 0.25) is 0 Å². The van der Waals surface area contributed by atoms with E-state index in [2.05, 4.69) is 151 Å². The second-order valence-corrected chi connectivity index (χ2v) is 8.52. The minimum atomic E-state index is 0.330. The summed E-state index contributed by atoms with van der Waals surface area (Å²) < 4.78 is 0. The van der Waals surface area contributed by atoms with Gasteiger partial charge in [0.1, 0.15) is 0 Å². The molecular weight excluding hydrogens is 400 g/mol. The Bertz CT molecular complexity index is 1290. The van der Waals surface area contributed by atoms with Gasteiger partial charge in [0.15, 0.2) is 0 Å². The first-order chi connectivity index (χ1) is 16.2. The molecule has 0 aliphatic carbocycles. The van der Waals surface area contributed by atoms with Crippen molar-refractivity contribution in [2.45, 2.75) is 19.9 Å². The van der Waals surface area contributed by atoms with Gasteiger partial charge >= 0.3 is 0 Å². The van der Waals surface area contributed by atoms with Gasteiger partial charge in [-0.2, -0.15) is 0 Å². The van der Waals surface area contributed by atoms with E-state index in [-0.39, 0.29) is 0 Å². The normalized spacial score (nSPS) is 11.0. The fraction of sp³-hybridized carbons (Fsp3) is 0.0968. The summed E-state index contributed by atoms with van der Waals surface area (Å²) in [5.41, 5.74) is 5.82. The minimum absolute atomic E-state index is 0.330. The lowest BCUT2D eigenvalue weighted by Gasteiger charge is -2.31. The van der Waals surface area contributed by atoms with Gasteiger partial charge in [-0.1, -0.05) is 66.7 Å². The van der Waals surface area contributed by atoms with Gasteiger partial charge in [0.25, 0.3) is 0 Å². The molecule has 162 valence electrons. The van der Waals surface area contributed by atoms with Crippen LogP contribution in [-0.2, 0) is 0 Å². The van der Waals surface area contributed by atoms with Crippen molar-refractivity contribution in [3.63, 3.8) is 0 Å². The third-order valence-electron chi connectivity index (χ3n) is 5.94. The second kappa shape index (κ2) is 9.22. The van der Waals surface area contributed by atoms with Crippen molar-refractivity contribution >= 4 is 39.2 Å². The number of rotatable bonds is 6. The van der Waals surface area contributed by atoms with Crippen LogP contribution in [0.25, 0.3) is 10.8 Å². The Morgan fingerprint density at radius 2 is 0.879 bits per heavy atom. The van der Waals surface area contributed by atoms with Crippen molar-refractivity contribution in [2.75, 3.05) is 9.80 Å². The van der Waals surface area contributed by atoms with E-state index in [1.807, 2.05) is 0 Å². The number of nitrogens with zero attached hydrogens (tertiary/aromatic N) is 2. The molecule has 5 rings (SSSR count). The highest BCUT2D eigenvalue weighted by atomic mass is 15.2. The van der Waals surface area contributed by atoms with E-state index >= 15 is 0 Å². The summed E-state index contributed by atoms with van der Waals surface area (Å²) >= 11 is 0. The van der Waals surface area contributed by atoms with Gasteiger partial charge < -0.3 is 9.80 Å². The lowest BCUT2D eigenvalue weighted by molar-refractivity contribution is 0.789. The molecule has 0 spiro atoms. The zero-order chi connectivity index (χ0) is 22.6. The van der Waals surface area contributed by atoms with Gasteiger partial charge in [-0.25, -0.2) is 0 Å². The quantitative estimate of drug-likeness (QED) is 0.266. The van der Waals surface area contributed by atoms with Crippen molar-refractivity contribution in [2.24, 2.45) is 0 Å². The number of para-hydroxylation sites is 2. The van der Waals surface area contributed by atoms with Crippen molar-refractivity contribution in [3.05, 3.63) is 127 Å². The Labute approximate surface area is 196 Å². The topological polar surface area (TPSA) is 6.48 Å². The van der Waals surface area contributed by atoms with Crippen molar-refractivity contribution in [1.29, 1.82) is 0 Å². The smallest absolute Gasteiger partial charge is 0.0463 e. The molecular formula is C31H28N2. The minimum Gasteiger partial charge on any atom is -0.339 e. The Kier molecular flexibility index (Phi) is 5.82. The number of fused-ring (bicyclic) bond motifs is 1. The lowest BCUT2D eigenvalue weighted by atomic mass is 10.1. The molecule has 0 radical (unpaired) electrons. The molecule has 0 saturated heterocycles. The van der Waals surface area contributed by atoms with Crippen LogP contribution in [0.3, 0.4) is 0 Å². The average Bonchev–Trinajstić information content (AvgIpc) is 2.86. The molecule has 0 aromatic heterocycles. The molecule has 5 aromatic carbocycles. The fourth-order valence-corrected chi connectivity index (χ4v) is 4.44. The first-order valence-electron chi connectivity index (χ1n) is 11.5. The summed E-state index contributed by atoms with van der Waals surface area (Å²) in [5, 5.41) is 2.53. The predicted molar refractivity (Wildman–Crippen MR) is 142 cm³/mol. The zero-order valence-electron chi connectivity index (χ0n) is 19.1. The van der Waals surface area contributed by atoms with Crippen LogP contribution in [0.4, 0.5) is 28.4 Å². The van der Waals surface area contributed by atoms with E-state index in [0.717, 1.165) is 17.1 Å². The molecule has 33 heavy (non-hydrogen) atoms. The van der Waals surface area contributed by atoms with Gasteiger partial charge in [-0.05, 0) is 85.3 Å². The van der Waals surface area contributed by atoms with Crippen molar-refractivity contribution in [1.82, 2.24) is 0 Å². The molecule has 0 heterocycles. The van der Waals surface area contributed by atoms with Gasteiger partial charge in [0, 0.05) is 34.5 Å². The van der Waals surface area contributed by atoms with Crippen LogP contribution in [0.1, 0.15) is 13.8 Å². The summed E-state index contributed by atoms with van der Waals surface area (Å²) in [7, 11) is 0. The number of anilines is 5. The van der Waals surface area contributed by atoms with Crippen LogP contribution in [-0.4, -0.2) is 6.04 Å². The Hall–Kier alpha value is -4.04. The molecule has 2 heteroatoms. The number of hydrogen-bond donors (Lipinski definition) is 0. The maximum Gasteiger partial charge on any atom is 0.0463 e. The molecule has 2 nitrogen and oxygen atoms in total. The Morgan fingerprint density at radius 3 is 1.45 bits per heavy atom. The average molecular weight is 429 g/mol. The van der Waals surface area contributed by atoms with Gasteiger partial charge in [0.05, 0.1) is 0 Å². The van der Waals surface area contributed by atoms with Crippen molar-refractivity contribution < 1.29 is 0 Å². The van der Waals surface area contributed by atoms with Crippen LogP contribution in [0, 0.1) is 0 Å². The molecule has 0 amide bonds. The first-order valence-corrected chi connectivity index (χ1v) is 11.5. The molecule has 0 unspecified atom stereocenters. The lowest BCUT2D eigenvalue weighted by Crippen LogP contribution is -2.25. The SMILES string of the molecule is CC(C)N(c1ccc(N(c2ccccc2)c2ccccc2)cc1)c1ccc2ccccc2c1.